The molecule has 1 heterocycles. The summed E-state index contributed by atoms with van der Waals surface area (Å²) in [6.45, 7) is 0.310. The number of nitrogens with one attached hydrogen (secondary N) is 1. The highest BCUT2D eigenvalue weighted by molar-refractivity contribution is 6.33. The van der Waals surface area contributed by atoms with E-state index in [0.29, 0.717) is 52.3 Å². The highest BCUT2D eigenvalue weighted by Gasteiger charge is 2.18. The molecule has 0 unspecified atom stereocenters. The van der Waals surface area contributed by atoms with E-state index in [0.717, 1.165) is 0 Å². The number of carbonyl (C=O) groups excluding carboxylic acids is 1. The predicted octanol–water partition coefficient (Wildman–Crippen LogP) is 3.38. The van der Waals surface area contributed by atoms with Crippen molar-refractivity contribution in [3.8, 4) is 22.9 Å². The highest BCUT2D eigenvalue weighted by Crippen LogP contribution is 2.28. The van der Waals surface area contributed by atoms with Gasteiger partial charge in [0.2, 0.25) is 11.7 Å². The first-order chi connectivity index (χ1) is 13.1. The molecule has 3 rings (SSSR count). The molecule has 0 aliphatic heterocycles. The fraction of sp³-hybridized carbons (Fsp3) is 0.211. The summed E-state index contributed by atoms with van der Waals surface area (Å²) in [5.41, 5.74) is 1.03. The molecule has 0 saturated carbocycles. The maximum Gasteiger partial charge on any atom is 0.258 e. The first-order valence-corrected chi connectivity index (χ1v) is 8.58. The van der Waals surface area contributed by atoms with E-state index < -0.39 is 0 Å². The van der Waals surface area contributed by atoms with Crippen LogP contribution in [0.15, 0.2) is 47.0 Å². The molecule has 0 spiro atoms. The zero-order chi connectivity index (χ0) is 19.2. The van der Waals surface area contributed by atoms with Crippen molar-refractivity contribution < 1.29 is 18.8 Å². The molecular weight excluding hydrogens is 370 g/mol. The zero-order valence-electron chi connectivity index (χ0n) is 14.9. The summed E-state index contributed by atoms with van der Waals surface area (Å²) in [5, 5.41) is 7.28. The minimum atomic E-state index is -0.310. The lowest BCUT2D eigenvalue weighted by Crippen LogP contribution is -2.26. The summed E-state index contributed by atoms with van der Waals surface area (Å²) in [4.78, 5) is 16.8. The Morgan fingerprint density at radius 3 is 2.48 bits per heavy atom. The van der Waals surface area contributed by atoms with Gasteiger partial charge in [-0.3, -0.25) is 4.79 Å². The number of aromatic nitrogens is 2. The standard InChI is InChI=1S/C19H18ClN3O4/c1-25-14-8-5-9-15(26-2)17(14)19(24)21-11-10-16-22-18(23-27-16)12-6-3-4-7-13(12)20/h3-9H,10-11H2,1-2H3,(H,21,24). The number of methoxy groups -OCH3 is 2. The number of carbonyl (C=O) groups is 1. The molecule has 0 bridgehead atoms. The molecule has 1 N–H and O–H groups in total. The average molecular weight is 388 g/mol. The molecular formula is C19H18ClN3O4. The van der Waals surface area contributed by atoms with Gasteiger partial charge in [0, 0.05) is 18.5 Å². The minimum absolute atomic E-state index is 0.310. The van der Waals surface area contributed by atoms with Crippen molar-refractivity contribution in [3.63, 3.8) is 0 Å². The molecule has 0 aliphatic rings. The second-order valence-electron chi connectivity index (χ2n) is 5.54. The van der Waals surface area contributed by atoms with Gasteiger partial charge in [0.15, 0.2) is 0 Å². The molecule has 0 saturated heterocycles. The number of nitrogens with zero attached hydrogens (tertiary/aromatic N) is 2. The zero-order valence-corrected chi connectivity index (χ0v) is 15.6. The van der Waals surface area contributed by atoms with Crippen LogP contribution in [0.3, 0.4) is 0 Å². The van der Waals surface area contributed by atoms with Gasteiger partial charge >= 0.3 is 0 Å². The fourth-order valence-electron chi connectivity index (χ4n) is 2.55. The average Bonchev–Trinajstić information content (AvgIpc) is 3.16. The van der Waals surface area contributed by atoms with E-state index in [9.17, 15) is 4.79 Å². The number of amides is 1. The number of ether oxygens (including phenoxy) is 2. The Kier molecular flexibility index (Phi) is 5.93. The van der Waals surface area contributed by atoms with E-state index in [1.807, 2.05) is 18.2 Å². The number of rotatable bonds is 7. The van der Waals surface area contributed by atoms with Crippen LogP contribution in [0.2, 0.25) is 5.02 Å². The predicted molar refractivity (Wildman–Crippen MR) is 100 cm³/mol. The Morgan fingerprint density at radius 1 is 1.11 bits per heavy atom. The van der Waals surface area contributed by atoms with E-state index in [4.69, 9.17) is 25.6 Å². The van der Waals surface area contributed by atoms with Crippen molar-refractivity contribution in [2.24, 2.45) is 0 Å². The minimum Gasteiger partial charge on any atom is -0.496 e. The van der Waals surface area contributed by atoms with Gasteiger partial charge in [-0.15, -0.1) is 0 Å². The van der Waals surface area contributed by atoms with E-state index in [-0.39, 0.29) is 5.91 Å². The molecule has 1 amide bonds. The molecule has 8 heteroatoms. The van der Waals surface area contributed by atoms with Crippen LogP contribution in [0.1, 0.15) is 16.2 Å². The van der Waals surface area contributed by atoms with Crippen LogP contribution >= 0.6 is 11.6 Å². The van der Waals surface area contributed by atoms with Crippen LogP contribution in [0.4, 0.5) is 0 Å². The molecule has 0 atom stereocenters. The van der Waals surface area contributed by atoms with Gasteiger partial charge in [0.25, 0.3) is 5.91 Å². The Labute approximate surface area is 161 Å². The van der Waals surface area contributed by atoms with Gasteiger partial charge in [-0.2, -0.15) is 4.98 Å². The van der Waals surface area contributed by atoms with Crippen LogP contribution in [-0.4, -0.2) is 36.8 Å². The molecule has 2 aromatic carbocycles. The van der Waals surface area contributed by atoms with Crippen LogP contribution < -0.4 is 14.8 Å². The Balaban J connectivity index is 1.64. The quantitative estimate of drug-likeness (QED) is 0.668. The monoisotopic (exact) mass is 387 g/mol. The normalized spacial score (nSPS) is 10.5. The smallest absolute Gasteiger partial charge is 0.258 e. The number of halogens is 1. The molecule has 27 heavy (non-hydrogen) atoms. The fourth-order valence-corrected chi connectivity index (χ4v) is 2.77. The second-order valence-corrected chi connectivity index (χ2v) is 5.94. The Bertz CT molecular complexity index is 920. The van der Waals surface area contributed by atoms with E-state index in [1.165, 1.54) is 14.2 Å². The third kappa shape index (κ3) is 4.20. The van der Waals surface area contributed by atoms with Crippen LogP contribution in [0.5, 0.6) is 11.5 Å². The van der Waals surface area contributed by atoms with Crippen molar-refractivity contribution in [2.75, 3.05) is 20.8 Å². The van der Waals surface area contributed by atoms with Gasteiger partial charge < -0.3 is 19.3 Å². The topological polar surface area (TPSA) is 86.5 Å². The lowest BCUT2D eigenvalue weighted by atomic mass is 10.1. The van der Waals surface area contributed by atoms with Crippen molar-refractivity contribution in [3.05, 3.63) is 58.9 Å². The van der Waals surface area contributed by atoms with Crippen LogP contribution in [-0.2, 0) is 6.42 Å². The lowest BCUT2D eigenvalue weighted by Gasteiger charge is -2.12. The molecule has 0 fully saturated rings. The Morgan fingerprint density at radius 2 is 1.81 bits per heavy atom. The van der Waals surface area contributed by atoms with Crippen LogP contribution in [0.25, 0.3) is 11.4 Å². The molecule has 1 aromatic heterocycles. The highest BCUT2D eigenvalue weighted by atomic mass is 35.5. The van der Waals surface area contributed by atoms with Crippen molar-refractivity contribution in [1.29, 1.82) is 0 Å². The number of hydrogen-bond acceptors (Lipinski definition) is 6. The molecule has 7 nitrogen and oxygen atoms in total. The molecule has 140 valence electrons. The summed E-state index contributed by atoms with van der Waals surface area (Å²) in [7, 11) is 3.00. The number of benzene rings is 2. The first-order valence-electron chi connectivity index (χ1n) is 8.20. The van der Waals surface area contributed by atoms with Gasteiger partial charge in [0.05, 0.1) is 19.2 Å². The van der Waals surface area contributed by atoms with Crippen molar-refractivity contribution in [1.82, 2.24) is 15.5 Å². The summed E-state index contributed by atoms with van der Waals surface area (Å²) >= 11 is 6.14. The molecule has 3 aromatic rings. The van der Waals surface area contributed by atoms with Crippen molar-refractivity contribution in [2.45, 2.75) is 6.42 Å². The SMILES string of the molecule is COc1cccc(OC)c1C(=O)NCCc1nc(-c2ccccc2Cl)no1. The van der Waals surface area contributed by atoms with Gasteiger partial charge in [-0.05, 0) is 24.3 Å². The largest absolute Gasteiger partial charge is 0.496 e. The second kappa shape index (κ2) is 8.55. The van der Waals surface area contributed by atoms with E-state index in [1.54, 1.807) is 24.3 Å². The molecule has 0 radical (unpaired) electrons. The van der Waals surface area contributed by atoms with Crippen LogP contribution in [0, 0.1) is 0 Å². The summed E-state index contributed by atoms with van der Waals surface area (Å²) in [6.07, 6.45) is 0.376. The third-order valence-electron chi connectivity index (χ3n) is 3.86. The third-order valence-corrected chi connectivity index (χ3v) is 4.19. The van der Waals surface area contributed by atoms with Gasteiger partial charge in [-0.1, -0.05) is 35.0 Å². The van der Waals surface area contributed by atoms with E-state index in [2.05, 4.69) is 15.5 Å². The van der Waals surface area contributed by atoms with Crippen molar-refractivity contribution >= 4 is 17.5 Å². The summed E-state index contributed by atoms with van der Waals surface area (Å²) in [6, 6.07) is 12.4. The molecule has 0 aliphatic carbocycles. The maximum absolute atomic E-state index is 12.5. The first kappa shape index (κ1) is 18.7. The van der Waals surface area contributed by atoms with E-state index >= 15 is 0 Å². The Hall–Kier alpha value is -3.06. The lowest BCUT2D eigenvalue weighted by molar-refractivity contribution is 0.0947. The number of hydrogen-bond donors (Lipinski definition) is 1. The summed E-state index contributed by atoms with van der Waals surface area (Å²) < 4.78 is 15.7. The van der Waals surface area contributed by atoms with Gasteiger partial charge in [0.1, 0.15) is 17.1 Å². The van der Waals surface area contributed by atoms with Gasteiger partial charge in [-0.25, -0.2) is 0 Å². The summed E-state index contributed by atoms with van der Waals surface area (Å²) in [5.74, 6) is 1.37. The maximum atomic E-state index is 12.5.